The Balaban J connectivity index is 2.15. The number of rotatable bonds is 6. The number of furan rings is 1. The van der Waals surface area contributed by atoms with Gasteiger partial charge in [-0.05, 0) is 49.0 Å². The Morgan fingerprint density at radius 3 is 2.38 bits per heavy atom. The summed E-state index contributed by atoms with van der Waals surface area (Å²) >= 11 is 6.22. The van der Waals surface area contributed by atoms with Crippen LogP contribution in [0, 0.1) is 0 Å². The molecule has 0 bridgehead atoms. The molecule has 0 amide bonds. The summed E-state index contributed by atoms with van der Waals surface area (Å²) in [5.74, 6) is 1.82. The summed E-state index contributed by atoms with van der Waals surface area (Å²) in [5.41, 5.74) is 3.09. The Hall–Kier alpha value is -1.97. The predicted molar refractivity (Wildman–Crippen MR) is 99.8 cm³/mol. The molecule has 1 aromatic heterocycles. The predicted octanol–water partition coefficient (Wildman–Crippen LogP) is 5.60. The van der Waals surface area contributed by atoms with Gasteiger partial charge in [0, 0.05) is 16.0 Å². The molecule has 0 N–H and O–H groups in total. The van der Waals surface area contributed by atoms with E-state index in [2.05, 4.69) is 30.9 Å². The first kappa shape index (κ1) is 16.9. The molecule has 0 fully saturated rings. The molecule has 0 aliphatic carbocycles. The van der Waals surface area contributed by atoms with Gasteiger partial charge in [0.1, 0.15) is 17.1 Å². The van der Waals surface area contributed by atoms with Crippen LogP contribution < -0.4 is 4.74 Å². The van der Waals surface area contributed by atoms with Crippen molar-refractivity contribution in [1.82, 2.24) is 4.90 Å². The minimum absolute atomic E-state index is 0.715. The summed E-state index contributed by atoms with van der Waals surface area (Å²) < 4.78 is 11.4. The van der Waals surface area contributed by atoms with Crippen molar-refractivity contribution in [3.05, 3.63) is 53.2 Å². The van der Waals surface area contributed by atoms with Gasteiger partial charge in [-0.1, -0.05) is 37.6 Å². The monoisotopic (exact) mass is 343 g/mol. The van der Waals surface area contributed by atoms with Crippen molar-refractivity contribution in [2.24, 2.45) is 0 Å². The minimum atomic E-state index is 0.715. The van der Waals surface area contributed by atoms with Crippen molar-refractivity contribution in [2.45, 2.75) is 20.4 Å². The summed E-state index contributed by atoms with van der Waals surface area (Å²) in [7, 11) is 1.67. The summed E-state index contributed by atoms with van der Waals surface area (Å²) in [6.07, 6.45) is 0. The average molecular weight is 344 g/mol. The normalized spacial score (nSPS) is 11.4. The second-order valence-corrected chi connectivity index (χ2v) is 6.17. The van der Waals surface area contributed by atoms with Gasteiger partial charge >= 0.3 is 0 Å². The molecule has 3 nitrogen and oxygen atoms in total. The highest BCUT2D eigenvalue weighted by Crippen LogP contribution is 2.37. The molecule has 24 heavy (non-hydrogen) atoms. The molecule has 3 aromatic rings. The Morgan fingerprint density at radius 1 is 1.04 bits per heavy atom. The zero-order chi connectivity index (χ0) is 17.1. The first-order valence-corrected chi connectivity index (χ1v) is 8.61. The van der Waals surface area contributed by atoms with Gasteiger partial charge in [0.2, 0.25) is 0 Å². The van der Waals surface area contributed by atoms with Crippen molar-refractivity contribution in [1.29, 1.82) is 0 Å². The largest absolute Gasteiger partial charge is 0.497 e. The molecule has 0 saturated heterocycles. The lowest BCUT2D eigenvalue weighted by Crippen LogP contribution is -2.22. The van der Waals surface area contributed by atoms with E-state index < -0.39 is 0 Å². The first-order chi connectivity index (χ1) is 11.7. The summed E-state index contributed by atoms with van der Waals surface area (Å²) in [4.78, 5) is 2.34. The molecule has 2 aromatic carbocycles. The molecule has 0 radical (unpaired) electrons. The van der Waals surface area contributed by atoms with E-state index in [9.17, 15) is 0 Å². The Morgan fingerprint density at radius 2 is 1.75 bits per heavy atom. The van der Waals surface area contributed by atoms with E-state index in [1.165, 1.54) is 0 Å². The van der Waals surface area contributed by atoms with Crippen molar-refractivity contribution in [3.8, 4) is 16.9 Å². The topological polar surface area (TPSA) is 25.6 Å². The van der Waals surface area contributed by atoms with Gasteiger partial charge in [0.05, 0.1) is 13.7 Å². The summed E-state index contributed by atoms with van der Waals surface area (Å²) in [5, 5.41) is 1.77. The zero-order valence-electron chi connectivity index (χ0n) is 14.3. The number of hydrogen-bond donors (Lipinski definition) is 0. The lowest BCUT2D eigenvalue weighted by Gasteiger charge is -2.17. The molecule has 0 unspecified atom stereocenters. The third kappa shape index (κ3) is 3.28. The van der Waals surface area contributed by atoms with Gasteiger partial charge in [-0.15, -0.1) is 0 Å². The van der Waals surface area contributed by atoms with Crippen LogP contribution >= 0.6 is 11.6 Å². The molecule has 126 valence electrons. The SMILES string of the molecule is CCN(CC)Cc1oc2ccc(Cl)cc2c1-c1ccc(OC)cc1. The minimum Gasteiger partial charge on any atom is -0.497 e. The van der Waals surface area contributed by atoms with Crippen LogP contribution in [-0.2, 0) is 6.54 Å². The maximum Gasteiger partial charge on any atom is 0.135 e. The quantitative estimate of drug-likeness (QED) is 0.582. The third-order valence-corrected chi connectivity index (χ3v) is 4.60. The van der Waals surface area contributed by atoms with Crippen molar-refractivity contribution in [3.63, 3.8) is 0 Å². The second-order valence-electron chi connectivity index (χ2n) is 5.73. The standard InChI is InChI=1S/C20H22ClNO2/c1-4-22(5-2)13-19-20(14-6-9-16(23-3)10-7-14)17-12-15(21)8-11-18(17)24-19/h6-12H,4-5,13H2,1-3H3. The van der Waals surface area contributed by atoms with Crippen molar-refractivity contribution >= 4 is 22.6 Å². The average Bonchev–Trinajstić information content (AvgIpc) is 2.96. The van der Waals surface area contributed by atoms with E-state index in [4.69, 9.17) is 20.8 Å². The lowest BCUT2D eigenvalue weighted by molar-refractivity contribution is 0.273. The van der Waals surface area contributed by atoms with E-state index >= 15 is 0 Å². The highest BCUT2D eigenvalue weighted by atomic mass is 35.5. The fraction of sp³-hybridized carbons (Fsp3) is 0.300. The van der Waals surface area contributed by atoms with E-state index in [0.29, 0.717) is 5.02 Å². The van der Waals surface area contributed by atoms with Crippen LogP contribution in [0.15, 0.2) is 46.9 Å². The van der Waals surface area contributed by atoms with Crippen LogP contribution in [-0.4, -0.2) is 25.1 Å². The summed E-state index contributed by atoms with van der Waals surface area (Å²) in [6.45, 7) is 7.07. The molecule has 1 heterocycles. The van der Waals surface area contributed by atoms with Crippen LogP contribution in [0.1, 0.15) is 19.6 Å². The number of fused-ring (bicyclic) bond motifs is 1. The molecule has 0 aliphatic rings. The van der Waals surface area contributed by atoms with Crippen LogP contribution in [0.5, 0.6) is 5.75 Å². The maximum absolute atomic E-state index is 6.22. The number of methoxy groups -OCH3 is 1. The van der Waals surface area contributed by atoms with Gasteiger partial charge in [0.25, 0.3) is 0 Å². The van der Waals surface area contributed by atoms with Gasteiger partial charge in [0.15, 0.2) is 0 Å². The number of ether oxygens (including phenoxy) is 1. The molecule has 0 aliphatic heterocycles. The number of nitrogens with zero attached hydrogens (tertiary/aromatic N) is 1. The molecule has 0 atom stereocenters. The Bertz CT molecular complexity index is 820. The number of hydrogen-bond acceptors (Lipinski definition) is 3. The van der Waals surface area contributed by atoms with Crippen molar-refractivity contribution in [2.75, 3.05) is 20.2 Å². The van der Waals surface area contributed by atoms with E-state index in [1.54, 1.807) is 7.11 Å². The van der Waals surface area contributed by atoms with Gasteiger partial charge in [-0.2, -0.15) is 0 Å². The van der Waals surface area contributed by atoms with Crippen LogP contribution in [0.2, 0.25) is 5.02 Å². The summed E-state index contributed by atoms with van der Waals surface area (Å²) in [6, 6.07) is 13.9. The van der Waals surface area contributed by atoms with Gasteiger partial charge in [-0.3, -0.25) is 4.90 Å². The smallest absolute Gasteiger partial charge is 0.135 e. The lowest BCUT2D eigenvalue weighted by atomic mass is 10.0. The molecular formula is C20H22ClNO2. The molecule has 4 heteroatoms. The van der Waals surface area contributed by atoms with E-state index in [1.807, 2.05) is 30.3 Å². The third-order valence-electron chi connectivity index (χ3n) is 4.36. The fourth-order valence-electron chi connectivity index (χ4n) is 2.96. The Labute approximate surface area is 147 Å². The zero-order valence-corrected chi connectivity index (χ0v) is 15.1. The van der Waals surface area contributed by atoms with Gasteiger partial charge in [-0.25, -0.2) is 0 Å². The first-order valence-electron chi connectivity index (χ1n) is 8.24. The number of halogens is 1. The van der Waals surface area contributed by atoms with Gasteiger partial charge < -0.3 is 9.15 Å². The van der Waals surface area contributed by atoms with Crippen LogP contribution in [0.3, 0.4) is 0 Å². The Kier molecular flexibility index (Phi) is 5.12. The fourth-order valence-corrected chi connectivity index (χ4v) is 3.13. The molecular weight excluding hydrogens is 322 g/mol. The van der Waals surface area contributed by atoms with Crippen molar-refractivity contribution < 1.29 is 9.15 Å². The second kappa shape index (κ2) is 7.29. The highest BCUT2D eigenvalue weighted by molar-refractivity contribution is 6.31. The molecule has 3 rings (SSSR count). The van der Waals surface area contributed by atoms with Crippen LogP contribution in [0.4, 0.5) is 0 Å². The van der Waals surface area contributed by atoms with Crippen LogP contribution in [0.25, 0.3) is 22.1 Å². The van der Waals surface area contributed by atoms with E-state index in [0.717, 1.165) is 53.2 Å². The molecule has 0 spiro atoms. The molecule has 0 saturated carbocycles. The highest BCUT2D eigenvalue weighted by Gasteiger charge is 2.18. The maximum atomic E-state index is 6.22. The van der Waals surface area contributed by atoms with E-state index in [-0.39, 0.29) is 0 Å². The number of benzene rings is 2.